The van der Waals surface area contributed by atoms with E-state index in [4.69, 9.17) is 0 Å². The fourth-order valence-electron chi connectivity index (χ4n) is 4.04. The average molecular weight is 416 g/mol. The number of hydrogen-bond donors (Lipinski definition) is 0. The van der Waals surface area contributed by atoms with Gasteiger partial charge in [-0.15, -0.1) is 11.8 Å². The highest BCUT2D eigenvalue weighted by molar-refractivity contribution is 8.01. The molecule has 1 atom stereocenters. The minimum absolute atomic E-state index is 0.0208. The summed E-state index contributed by atoms with van der Waals surface area (Å²) in [6, 6.07) is 9.04. The second-order valence-electron chi connectivity index (χ2n) is 7.78. The van der Waals surface area contributed by atoms with E-state index in [1.165, 1.54) is 28.8 Å². The van der Waals surface area contributed by atoms with Crippen molar-refractivity contribution in [1.82, 2.24) is 4.90 Å². The van der Waals surface area contributed by atoms with E-state index in [0.29, 0.717) is 18.0 Å². The molecule has 2 aromatic carbocycles. The molecule has 0 aromatic heterocycles. The fraction of sp³-hybridized carbons (Fsp3) is 0.364. The Balaban J connectivity index is 1.82. The number of nitrogens with zero attached hydrogens (tertiary/aromatic N) is 2. The summed E-state index contributed by atoms with van der Waals surface area (Å²) in [6.45, 7) is 6.05. The first-order valence-corrected chi connectivity index (χ1v) is 10.6. The summed E-state index contributed by atoms with van der Waals surface area (Å²) >= 11 is 1.45. The summed E-state index contributed by atoms with van der Waals surface area (Å²) in [4.78, 5) is 28.7. The van der Waals surface area contributed by atoms with E-state index in [1.54, 1.807) is 4.90 Å². The van der Waals surface area contributed by atoms with E-state index in [9.17, 15) is 18.4 Å². The predicted molar refractivity (Wildman–Crippen MR) is 109 cm³/mol. The van der Waals surface area contributed by atoms with E-state index in [1.807, 2.05) is 39.0 Å². The first-order chi connectivity index (χ1) is 13.8. The lowest BCUT2D eigenvalue weighted by Gasteiger charge is -2.34. The quantitative estimate of drug-likeness (QED) is 0.753. The second-order valence-corrected chi connectivity index (χ2v) is 9.07. The largest absolute Gasteiger partial charge is 0.315 e. The monoisotopic (exact) mass is 416 g/mol. The molecule has 1 unspecified atom stereocenters. The third kappa shape index (κ3) is 3.03. The normalized spacial score (nSPS) is 20.8. The average Bonchev–Trinajstić information content (AvgIpc) is 3.20. The molecule has 2 heterocycles. The number of fused-ring (bicyclic) bond motifs is 2. The van der Waals surface area contributed by atoms with Crippen LogP contribution < -0.4 is 4.90 Å². The van der Waals surface area contributed by atoms with Gasteiger partial charge in [-0.25, -0.2) is 8.78 Å². The molecule has 152 valence electrons. The van der Waals surface area contributed by atoms with Crippen molar-refractivity contribution in [2.24, 2.45) is 5.92 Å². The Morgan fingerprint density at radius 3 is 2.66 bits per heavy atom. The standard InChI is InChI=1S/C22H22F2N2O2S/c1-13(2)20(27)26-8-9-29-22(26)17-10-14(3)4-7-19(17)25(21(22)28)12-15-5-6-16(23)11-18(15)24/h4-7,10-11,13H,8-9,12H2,1-3H3. The SMILES string of the molecule is Cc1ccc2c(c1)C1(SCCN1C(=O)C(C)C)C(=O)N2Cc1ccc(F)cc1F. The molecular weight excluding hydrogens is 394 g/mol. The molecule has 0 aliphatic carbocycles. The smallest absolute Gasteiger partial charge is 0.268 e. The van der Waals surface area contributed by atoms with Gasteiger partial charge in [-0.05, 0) is 19.1 Å². The maximum Gasteiger partial charge on any atom is 0.268 e. The van der Waals surface area contributed by atoms with Crippen LogP contribution in [0.2, 0.25) is 0 Å². The molecule has 2 amide bonds. The Bertz CT molecular complexity index is 1010. The van der Waals surface area contributed by atoms with Crippen molar-refractivity contribution in [3.05, 3.63) is 64.7 Å². The Morgan fingerprint density at radius 1 is 1.21 bits per heavy atom. The minimum atomic E-state index is -1.13. The number of aryl methyl sites for hydroxylation is 1. The van der Waals surface area contributed by atoms with Crippen molar-refractivity contribution in [3.8, 4) is 0 Å². The van der Waals surface area contributed by atoms with E-state index in [0.717, 1.165) is 17.2 Å². The summed E-state index contributed by atoms with van der Waals surface area (Å²) in [6.07, 6.45) is 0. The topological polar surface area (TPSA) is 40.6 Å². The van der Waals surface area contributed by atoms with Gasteiger partial charge in [0.1, 0.15) is 11.6 Å². The number of hydrogen-bond acceptors (Lipinski definition) is 3. The van der Waals surface area contributed by atoms with Gasteiger partial charge in [0.15, 0.2) is 4.87 Å². The van der Waals surface area contributed by atoms with Gasteiger partial charge >= 0.3 is 0 Å². The van der Waals surface area contributed by atoms with Crippen molar-refractivity contribution < 1.29 is 18.4 Å². The van der Waals surface area contributed by atoms with Crippen molar-refractivity contribution in [1.29, 1.82) is 0 Å². The molecule has 1 spiro atoms. The Morgan fingerprint density at radius 2 is 1.97 bits per heavy atom. The zero-order chi connectivity index (χ0) is 20.9. The van der Waals surface area contributed by atoms with Crippen LogP contribution in [-0.4, -0.2) is 29.0 Å². The molecule has 4 nitrogen and oxygen atoms in total. The Hall–Kier alpha value is -2.41. The van der Waals surface area contributed by atoms with Gasteiger partial charge < -0.3 is 9.80 Å². The molecule has 0 bridgehead atoms. The van der Waals surface area contributed by atoms with Gasteiger partial charge in [0, 0.05) is 35.4 Å². The summed E-state index contributed by atoms with van der Waals surface area (Å²) in [5.41, 5.74) is 2.64. The number of anilines is 1. The lowest BCUT2D eigenvalue weighted by molar-refractivity contribution is -0.142. The number of benzene rings is 2. The highest BCUT2D eigenvalue weighted by Gasteiger charge is 2.59. The maximum atomic E-state index is 14.3. The number of carbonyl (C=O) groups excluding carboxylic acids is 2. The summed E-state index contributed by atoms with van der Waals surface area (Å²) in [5.74, 6) is -1.27. The third-order valence-electron chi connectivity index (χ3n) is 5.45. The van der Waals surface area contributed by atoms with Crippen LogP contribution in [0.25, 0.3) is 0 Å². The zero-order valence-electron chi connectivity index (χ0n) is 16.5. The van der Waals surface area contributed by atoms with Crippen LogP contribution in [0.15, 0.2) is 36.4 Å². The minimum Gasteiger partial charge on any atom is -0.315 e. The van der Waals surface area contributed by atoms with Gasteiger partial charge in [-0.3, -0.25) is 9.59 Å². The lowest BCUT2D eigenvalue weighted by Crippen LogP contribution is -2.51. The molecule has 1 fully saturated rings. The van der Waals surface area contributed by atoms with E-state index in [-0.39, 0.29) is 29.8 Å². The summed E-state index contributed by atoms with van der Waals surface area (Å²) in [5, 5.41) is 0. The number of thioether (sulfide) groups is 1. The van der Waals surface area contributed by atoms with Gasteiger partial charge in [-0.2, -0.15) is 0 Å². The third-order valence-corrected chi connectivity index (χ3v) is 6.87. The van der Waals surface area contributed by atoms with Crippen LogP contribution in [0.4, 0.5) is 14.5 Å². The van der Waals surface area contributed by atoms with Gasteiger partial charge in [0.05, 0.1) is 12.2 Å². The van der Waals surface area contributed by atoms with Crippen molar-refractivity contribution >= 4 is 29.3 Å². The number of amides is 2. The van der Waals surface area contributed by atoms with Crippen LogP contribution in [0.3, 0.4) is 0 Å². The van der Waals surface area contributed by atoms with Crippen LogP contribution in [0.1, 0.15) is 30.5 Å². The molecule has 2 aliphatic rings. The molecular formula is C22H22F2N2O2S. The molecule has 0 N–H and O–H groups in total. The van der Waals surface area contributed by atoms with Crippen molar-refractivity contribution in [2.75, 3.05) is 17.2 Å². The number of halogens is 2. The van der Waals surface area contributed by atoms with Crippen molar-refractivity contribution in [2.45, 2.75) is 32.2 Å². The Labute approximate surface area is 172 Å². The zero-order valence-corrected chi connectivity index (χ0v) is 17.4. The van der Waals surface area contributed by atoms with Crippen LogP contribution in [0.5, 0.6) is 0 Å². The van der Waals surface area contributed by atoms with Crippen LogP contribution in [-0.2, 0) is 21.0 Å². The second kappa shape index (κ2) is 7.13. The first-order valence-electron chi connectivity index (χ1n) is 9.58. The van der Waals surface area contributed by atoms with Crippen molar-refractivity contribution in [3.63, 3.8) is 0 Å². The highest BCUT2D eigenvalue weighted by Crippen LogP contribution is 2.55. The Kier molecular flexibility index (Phi) is 4.89. The maximum absolute atomic E-state index is 14.3. The number of carbonyl (C=O) groups is 2. The van der Waals surface area contributed by atoms with Gasteiger partial charge in [-0.1, -0.05) is 37.6 Å². The molecule has 7 heteroatoms. The van der Waals surface area contributed by atoms with Crippen LogP contribution >= 0.6 is 11.8 Å². The van der Waals surface area contributed by atoms with Crippen LogP contribution in [0, 0.1) is 24.5 Å². The van der Waals surface area contributed by atoms with E-state index >= 15 is 0 Å². The summed E-state index contributed by atoms with van der Waals surface area (Å²) in [7, 11) is 0. The summed E-state index contributed by atoms with van der Waals surface area (Å²) < 4.78 is 27.6. The molecule has 1 saturated heterocycles. The number of rotatable bonds is 3. The van der Waals surface area contributed by atoms with Gasteiger partial charge in [0.25, 0.3) is 5.91 Å². The van der Waals surface area contributed by atoms with E-state index < -0.39 is 16.5 Å². The van der Waals surface area contributed by atoms with Gasteiger partial charge in [0.2, 0.25) is 5.91 Å². The molecule has 2 aromatic rings. The molecule has 29 heavy (non-hydrogen) atoms. The van der Waals surface area contributed by atoms with E-state index in [2.05, 4.69) is 0 Å². The molecule has 0 saturated carbocycles. The molecule has 0 radical (unpaired) electrons. The fourth-order valence-corrected chi connectivity index (χ4v) is 5.50. The highest BCUT2D eigenvalue weighted by atomic mass is 32.2. The lowest BCUT2D eigenvalue weighted by atomic mass is 10.0. The first kappa shape index (κ1) is 19.9. The predicted octanol–water partition coefficient (Wildman–Crippen LogP) is 4.20. The molecule has 2 aliphatic heterocycles. The molecule has 4 rings (SSSR count).